The smallest absolute Gasteiger partial charge is 0.354 e. The van der Waals surface area contributed by atoms with E-state index < -0.39 is 5.97 Å². The molecule has 6 nitrogen and oxygen atoms in total. The Morgan fingerprint density at radius 1 is 1.29 bits per heavy atom. The van der Waals surface area contributed by atoms with Gasteiger partial charge in [-0.1, -0.05) is 0 Å². The van der Waals surface area contributed by atoms with Crippen molar-refractivity contribution in [3.63, 3.8) is 0 Å². The van der Waals surface area contributed by atoms with Crippen LogP contribution in [0.25, 0.3) is 11.1 Å². The molecule has 3 rings (SSSR count). The minimum Gasteiger partial charge on any atom is -0.489 e. The molecule has 110 valence electrons. The van der Waals surface area contributed by atoms with Gasteiger partial charge < -0.3 is 24.9 Å². The third kappa shape index (κ3) is 2.52. The number of hydrogen-bond acceptors (Lipinski definition) is 5. The molecule has 1 aromatic heterocycles. The number of carbonyl (C=O) groups excluding carboxylic acids is 1. The van der Waals surface area contributed by atoms with Crippen molar-refractivity contribution in [3.8, 4) is 22.6 Å². The Morgan fingerprint density at radius 3 is 2.90 bits per heavy atom. The Hall–Kier alpha value is -2.63. The maximum Gasteiger partial charge on any atom is 0.354 e. The van der Waals surface area contributed by atoms with Gasteiger partial charge in [-0.2, -0.15) is 0 Å². The number of nitrogens with two attached hydrogens (primary N) is 1. The summed E-state index contributed by atoms with van der Waals surface area (Å²) < 4.78 is 16.1. The van der Waals surface area contributed by atoms with Crippen molar-refractivity contribution in [2.45, 2.75) is 6.42 Å². The Bertz CT molecular complexity index is 678. The van der Waals surface area contributed by atoms with E-state index in [0.717, 1.165) is 17.5 Å². The molecule has 3 N–H and O–H groups in total. The van der Waals surface area contributed by atoms with Gasteiger partial charge in [-0.3, -0.25) is 0 Å². The topological polar surface area (TPSA) is 86.6 Å². The summed E-state index contributed by atoms with van der Waals surface area (Å²) in [4.78, 5) is 14.4. The first-order valence-electron chi connectivity index (χ1n) is 6.65. The van der Waals surface area contributed by atoms with E-state index in [9.17, 15) is 4.79 Å². The summed E-state index contributed by atoms with van der Waals surface area (Å²) in [5.41, 5.74) is 8.46. The summed E-state index contributed by atoms with van der Waals surface area (Å²) in [7, 11) is 1.34. The highest BCUT2D eigenvalue weighted by molar-refractivity contribution is 5.90. The van der Waals surface area contributed by atoms with Gasteiger partial charge in [0.25, 0.3) is 0 Å². The van der Waals surface area contributed by atoms with Crippen molar-refractivity contribution in [2.24, 2.45) is 0 Å². The van der Waals surface area contributed by atoms with Gasteiger partial charge in [0.1, 0.15) is 5.69 Å². The van der Waals surface area contributed by atoms with Gasteiger partial charge in [0, 0.05) is 35.5 Å². The first-order valence-corrected chi connectivity index (χ1v) is 6.65. The van der Waals surface area contributed by atoms with Crippen LogP contribution in [0.5, 0.6) is 11.5 Å². The van der Waals surface area contributed by atoms with Gasteiger partial charge in [-0.15, -0.1) is 0 Å². The SMILES string of the molecule is COC(=O)c1cc(-c2cc(N)cc3c2OCCCO3)c[nH]1. The molecule has 1 aromatic carbocycles. The maximum absolute atomic E-state index is 11.5. The lowest BCUT2D eigenvalue weighted by molar-refractivity contribution is 0.0595. The van der Waals surface area contributed by atoms with Gasteiger partial charge in [-0.05, 0) is 12.1 Å². The van der Waals surface area contributed by atoms with Gasteiger partial charge in [-0.25, -0.2) is 4.79 Å². The van der Waals surface area contributed by atoms with Gasteiger partial charge in [0.2, 0.25) is 0 Å². The fourth-order valence-corrected chi connectivity index (χ4v) is 2.29. The molecule has 6 heteroatoms. The number of ether oxygens (including phenoxy) is 3. The zero-order chi connectivity index (χ0) is 14.8. The molecule has 0 radical (unpaired) electrons. The number of H-pyrrole nitrogens is 1. The molecule has 0 atom stereocenters. The van der Waals surface area contributed by atoms with Crippen LogP contribution in [0.1, 0.15) is 16.9 Å². The summed E-state index contributed by atoms with van der Waals surface area (Å²) in [5, 5.41) is 0. The zero-order valence-electron chi connectivity index (χ0n) is 11.6. The number of nitrogens with one attached hydrogen (secondary N) is 1. The number of anilines is 1. The lowest BCUT2D eigenvalue weighted by atomic mass is 10.1. The molecule has 0 bridgehead atoms. The summed E-state index contributed by atoms with van der Waals surface area (Å²) in [6.07, 6.45) is 2.53. The van der Waals surface area contributed by atoms with E-state index in [0.29, 0.717) is 36.1 Å². The van der Waals surface area contributed by atoms with E-state index >= 15 is 0 Å². The standard InChI is InChI=1S/C15H16N2O4/c1-19-15(18)12-5-9(8-17-12)11-6-10(16)7-13-14(11)21-4-2-3-20-13/h5-8,17H,2-4,16H2,1H3. The predicted octanol–water partition coefficient (Wildman–Crippen LogP) is 2.21. The maximum atomic E-state index is 11.5. The zero-order valence-corrected chi connectivity index (χ0v) is 11.6. The number of aromatic nitrogens is 1. The molecule has 0 saturated heterocycles. The Balaban J connectivity index is 2.07. The summed E-state index contributed by atoms with van der Waals surface area (Å²) in [5.74, 6) is 0.855. The molecule has 21 heavy (non-hydrogen) atoms. The number of aromatic amines is 1. The van der Waals surface area contributed by atoms with Crippen molar-refractivity contribution in [1.29, 1.82) is 0 Å². The molecule has 0 amide bonds. The molecule has 0 spiro atoms. The van der Waals surface area contributed by atoms with Crippen LogP contribution >= 0.6 is 0 Å². The number of carbonyl (C=O) groups is 1. The average Bonchev–Trinajstić information content (AvgIpc) is 2.85. The number of rotatable bonds is 2. The lowest BCUT2D eigenvalue weighted by Gasteiger charge is -2.12. The second-order valence-corrected chi connectivity index (χ2v) is 4.74. The Morgan fingerprint density at radius 2 is 2.10 bits per heavy atom. The second kappa shape index (κ2) is 5.40. The highest BCUT2D eigenvalue weighted by Crippen LogP contribution is 2.41. The quantitative estimate of drug-likeness (QED) is 0.653. The van der Waals surface area contributed by atoms with E-state index in [2.05, 4.69) is 4.98 Å². The van der Waals surface area contributed by atoms with Gasteiger partial charge in [0.05, 0.1) is 20.3 Å². The van der Waals surface area contributed by atoms with Crippen molar-refractivity contribution in [1.82, 2.24) is 4.98 Å². The normalized spacial score (nSPS) is 13.6. The fourth-order valence-electron chi connectivity index (χ4n) is 2.29. The first-order chi connectivity index (χ1) is 10.2. The van der Waals surface area contributed by atoms with Crippen LogP contribution in [-0.4, -0.2) is 31.3 Å². The van der Waals surface area contributed by atoms with E-state index in [-0.39, 0.29) is 0 Å². The van der Waals surface area contributed by atoms with Crippen LogP contribution in [0.3, 0.4) is 0 Å². The molecular formula is C15H16N2O4. The highest BCUT2D eigenvalue weighted by atomic mass is 16.5. The van der Waals surface area contributed by atoms with Crippen molar-refractivity contribution in [2.75, 3.05) is 26.1 Å². The lowest BCUT2D eigenvalue weighted by Crippen LogP contribution is -2.00. The minimum absolute atomic E-state index is 0.373. The highest BCUT2D eigenvalue weighted by Gasteiger charge is 2.19. The first kappa shape index (κ1) is 13.4. The monoisotopic (exact) mass is 288 g/mol. The number of hydrogen-bond donors (Lipinski definition) is 2. The van der Waals surface area contributed by atoms with E-state index in [1.165, 1.54) is 7.11 Å². The molecule has 0 aliphatic carbocycles. The molecule has 1 aliphatic heterocycles. The third-order valence-electron chi connectivity index (χ3n) is 3.27. The summed E-state index contributed by atoms with van der Waals surface area (Å²) in [6.45, 7) is 1.18. The molecule has 0 saturated carbocycles. The van der Waals surface area contributed by atoms with Crippen LogP contribution in [0, 0.1) is 0 Å². The van der Waals surface area contributed by atoms with Gasteiger partial charge in [0.15, 0.2) is 11.5 Å². The fraction of sp³-hybridized carbons (Fsp3) is 0.267. The van der Waals surface area contributed by atoms with Crippen LogP contribution in [0.15, 0.2) is 24.4 Å². The summed E-state index contributed by atoms with van der Waals surface area (Å²) >= 11 is 0. The molecular weight excluding hydrogens is 272 g/mol. The Kier molecular flexibility index (Phi) is 3.43. The van der Waals surface area contributed by atoms with E-state index in [1.54, 1.807) is 24.4 Å². The molecule has 2 heterocycles. The molecule has 0 fully saturated rings. The molecule has 2 aromatic rings. The third-order valence-corrected chi connectivity index (χ3v) is 3.27. The molecule has 0 unspecified atom stereocenters. The molecule has 1 aliphatic rings. The predicted molar refractivity (Wildman–Crippen MR) is 77.6 cm³/mol. The Labute approximate surface area is 121 Å². The number of fused-ring (bicyclic) bond motifs is 1. The number of methoxy groups -OCH3 is 1. The summed E-state index contributed by atoms with van der Waals surface area (Å²) in [6, 6.07) is 5.25. The number of benzene rings is 1. The van der Waals surface area contributed by atoms with Crippen molar-refractivity contribution < 1.29 is 19.0 Å². The van der Waals surface area contributed by atoms with Crippen molar-refractivity contribution >= 4 is 11.7 Å². The van der Waals surface area contributed by atoms with E-state index in [4.69, 9.17) is 19.9 Å². The largest absolute Gasteiger partial charge is 0.489 e. The van der Waals surface area contributed by atoms with Crippen LogP contribution < -0.4 is 15.2 Å². The van der Waals surface area contributed by atoms with Gasteiger partial charge >= 0.3 is 5.97 Å². The average molecular weight is 288 g/mol. The van der Waals surface area contributed by atoms with Crippen LogP contribution in [0.4, 0.5) is 5.69 Å². The minimum atomic E-state index is -0.423. The van der Waals surface area contributed by atoms with E-state index in [1.807, 2.05) is 0 Å². The number of nitrogen functional groups attached to an aromatic ring is 1. The second-order valence-electron chi connectivity index (χ2n) is 4.74. The van der Waals surface area contributed by atoms with Crippen LogP contribution in [-0.2, 0) is 4.74 Å². The number of esters is 1. The van der Waals surface area contributed by atoms with Crippen molar-refractivity contribution in [3.05, 3.63) is 30.1 Å². The van der Waals surface area contributed by atoms with Crippen LogP contribution in [0.2, 0.25) is 0 Å².